The maximum Gasteiger partial charge on any atom is 0.321 e. The van der Waals surface area contributed by atoms with Crippen LogP contribution in [0.2, 0.25) is 0 Å². The maximum atomic E-state index is 12.5. The number of urea groups is 1. The number of nitrogens with one attached hydrogen (secondary N) is 1. The van der Waals surface area contributed by atoms with Crippen LogP contribution in [-0.4, -0.2) is 45.1 Å². The smallest absolute Gasteiger partial charge is 0.321 e. The van der Waals surface area contributed by atoms with Gasteiger partial charge in [0.1, 0.15) is 6.61 Å². The summed E-state index contributed by atoms with van der Waals surface area (Å²) in [6, 6.07) is 12.7. The molecule has 144 valence electrons. The topological polar surface area (TPSA) is 111 Å². The van der Waals surface area contributed by atoms with Crippen molar-refractivity contribution >= 4 is 21.7 Å². The number of amides is 2. The fourth-order valence-corrected chi connectivity index (χ4v) is 3.20. The lowest BCUT2D eigenvalue weighted by Crippen LogP contribution is -2.45. The van der Waals surface area contributed by atoms with Crippen LogP contribution >= 0.6 is 0 Å². The molecule has 0 radical (unpaired) electrons. The predicted octanol–water partition coefficient (Wildman–Crippen LogP) is 2.03. The average molecular weight is 391 g/mol. The highest BCUT2D eigenvalue weighted by Crippen LogP contribution is 2.31. The van der Waals surface area contributed by atoms with E-state index < -0.39 is 10.0 Å². The Balaban J connectivity index is 1.61. The van der Waals surface area contributed by atoms with Crippen LogP contribution in [0.1, 0.15) is 6.92 Å². The summed E-state index contributed by atoms with van der Waals surface area (Å²) in [5.41, 5.74) is 0.469. The van der Waals surface area contributed by atoms with Crippen LogP contribution in [0.15, 0.2) is 53.4 Å². The van der Waals surface area contributed by atoms with Gasteiger partial charge < -0.3 is 19.7 Å². The van der Waals surface area contributed by atoms with Gasteiger partial charge in [-0.25, -0.2) is 18.4 Å². The summed E-state index contributed by atoms with van der Waals surface area (Å²) < 4.78 is 34.1. The molecule has 1 heterocycles. The molecular formula is C18H21N3O5S. The molecule has 3 N–H and O–H groups in total. The number of hydrogen-bond donors (Lipinski definition) is 2. The van der Waals surface area contributed by atoms with Crippen LogP contribution in [0.25, 0.3) is 0 Å². The first-order valence-corrected chi connectivity index (χ1v) is 9.98. The largest absolute Gasteiger partial charge is 0.486 e. The van der Waals surface area contributed by atoms with Gasteiger partial charge in [-0.2, -0.15) is 0 Å². The van der Waals surface area contributed by atoms with E-state index in [4.69, 9.17) is 14.6 Å². The molecule has 0 aromatic heterocycles. The van der Waals surface area contributed by atoms with E-state index >= 15 is 0 Å². The summed E-state index contributed by atoms with van der Waals surface area (Å²) >= 11 is 0. The highest BCUT2D eigenvalue weighted by atomic mass is 32.2. The maximum absolute atomic E-state index is 12.5. The Bertz CT molecular complexity index is 915. The molecule has 1 unspecified atom stereocenters. The van der Waals surface area contributed by atoms with Crippen molar-refractivity contribution in [3.63, 3.8) is 0 Å². The molecule has 0 bridgehead atoms. The van der Waals surface area contributed by atoms with Gasteiger partial charge in [0, 0.05) is 12.2 Å². The molecule has 0 spiro atoms. The third kappa shape index (κ3) is 4.69. The molecule has 1 aliphatic heterocycles. The predicted molar refractivity (Wildman–Crippen MR) is 100 cm³/mol. The van der Waals surface area contributed by atoms with E-state index in [1.807, 2.05) is 31.2 Å². The standard InChI is InChI=1S/C18H21N3O5S/c1-2-21(11-14-12-25-16-5-3-4-6-17(16)26-14)18(22)20-13-7-9-15(10-8-13)27(19,23)24/h3-10,14H,2,11-12H2,1H3,(H,20,22)(H2,19,23,24). The van der Waals surface area contributed by atoms with Crippen molar-refractivity contribution in [3.8, 4) is 11.5 Å². The van der Waals surface area contributed by atoms with Crippen LogP contribution < -0.4 is 19.9 Å². The fourth-order valence-electron chi connectivity index (χ4n) is 2.68. The van der Waals surface area contributed by atoms with E-state index in [-0.39, 0.29) is 17.0 Å². The van der Waals surface area contributed by atoms with Crippen LogP contribution in [0, 0.1) is 0 Å². The molecule has 0 saturated heterocycles. The number of carbonyl (C=O) groups is 1. The molecule has 2 aromatic rings. The lowest BCUT2D eigenvalue weighted by atomic mass is 10.2. The number of likely N-dealkylation sites (N-methyl/N-ethyl adjacent to an activating group) is 1. The molecule has 8 nitrogen and oxygen atoms in total. The number of primary sulfonamides is 1. The fraction of sp³-hybridized carbons (Fsp3) is 0.278. The molecule has 3 rings (SSSR count). The van der Waals surface area contributed by atoms with Crippen molar-refractivity contribution in [2.24, 2.45) is 5.14 Å². The van der Waals surface area contributed by atoms with Gasteiger partial charge in [0.25, 0.3) is 0 Å². The number of carbonyl (C=O) groups excluding carboxylic acids is 1. The van der Waals surface area contributed by atoms with Crippen molar-refractivity contribution in [2.45, 2.75) is 17.9 Å². The summed E-state index contributed by atoms with van der Waals surface area (Å²) in [4.78, 5) is 14.1. The summed E-state index contributed by atoms with van der Waals surface area (Å²) in [5, 5.41) is 7.80. The van der Waals surface area contributed by atoms with Crippen molar-refractivity contribution in [3.05, 3.63) is 48.5 Å². The SMILES string of the molecule is CCN(CC1COc2ccccc2O1)C(=O)Nc1ccc(S(N)(=O)=O)cc1. The van der Waals surface area contributed by atoms with E-state index in [1.54, 1.807) is 4.90 Å². The molecule has 2 amide bonds. The van der Waals surface area contributed by atoms with Gasteiger partial charge in [-0.15, -0.1) is 0 Å². The normalized spacial score (nSPS) is 15.9. The minimum atomic E-state index is -3.77. The number of para-hydroxylation sites is 2. The van der Waals surface area contributed by atoms with E-state index in [0.29, 0.717) is 36.9 Å². The second-order valence-corrected chi connectivity index (χ2v) is 7.60. The molecule has 9 heteroatoms. The van der Waals surface area contributed by atoms with Crippen LogP contribution in [-0.2, 0) is 10.0 Å². The molecule has 1 atom stereocenters. The summed E-state index contributed by atoms with van der Waals surface area (Å²) in [6.07, 6.45) is -0.282. The highest BCUT2D eigenvalue weighted by Gasteiger charge is 2.24. The van der Waals surface area contributed by atoms with Gasteiger partial charge in [-0.05, 0) is 43.3 Å². The summed E-state index contributed by atoms with van der Waals surface area (Å²) in [7, 11) is -3.77. The van der Waals surface area contributed by atoms with Crippen molar-refractivity contribution < 1.29 is 22.7 Å². The average Bonchev–Trinajstić information content (AvgIpc) is 2.65. The van der Waals surface area contributed by atoms with Gasteiger partial charge in [-0.3, -0.25) is 0 Å². The zero-order valence-electron chi connectivity index (χ0n) is 14.8. The number of ether oxygens (including phenoxy) is 2. The Kier molecular flexibility index (Phi) is 5.52. The van der Waals surface area contributed by atoms with Gasteiger partial charge in [0.15, 0.2) is 17.6 Å². The number of benzene rings is 2. The Morgan fingerprint density at radius 2 is 1.85 bits per heavy atom. The molecule has 27 heavy (non-hydrogen) atoms. The number of hydrogen-bond acceptors (Lipinski definition) is 5. The number of rotatable bonds is 5. The van der Waals surface area contributed by atoms with E-state index in [1.165, 1.54) is 24.3 Å². The first-order chi connectivity index (χ1) is 12.9. The Morgan fingerprint density at radius 1 is 1.19 bits per heavy atom. The Morgan fingerprint density at radius 3 is 2.48 bits per heavy atom. The van der Waals surface area contributed by atoms with Crippen molar-refractivity contribution in [1.29, 1.82) is 0 Å². The Hall–Kier alpha value is -2.78. The van der Waals surface area contributed by atoms with Gasteiger partial charge >= 0.3 is 6.03 Å². The summed E-state index contributed by atoms with van der Waals surface area (Å²) in [6.45, 7) is 3.04. The van der Waals surface area contributed by atoms with Gasteiger partial charge in [0.05, 0.1) is 11.4 Å². The number of nitrogens with two attached hydrogens (primary N) is 1. The second kappa shape index (κ2) is 7.85. The second-order valence-electron chi connectivity index (χ2n) is 6.04. The molecule has 0 fully saturated rings. The minimum absolute atomic E-state index is 0.0146. The van der Waals surface area contributed by atoms with Crippen molar-refractivity contribution in [2.75, 3.05) is 25.0 Å². The summed E-state index contributed by atoms with van der Waals surface area (Å²) in [5.74, 6) is 1.35. The van der Waals surface area contributed by atoms with Crippen LogP contribution in [0.3, 0.4) is 0 Å². The molecule has 2 aromatic carbocycles. The zero-order chi connectivity index (χ0) is 19.4. The third-order valence-corrected chi connectivity index (χ3v) is 5.02. The monoisotopic (exact) mass is 391 g/mol. The molecule has 0 aliphatic carbocycles. The van der Waals surface area contributed by atoms with Gasteiger partial charge in [0.2, 0.25) is 10.0 Å². The first kappa shape index (κ1) is 19.0. The zero-order valence-corrected chi connectivity index (χ0v) is 15.6. The minimum Gasteiger partial charge on any atom is -0.486 e. The lowest BCUT2D eigenvalue weighted by Gasteiger charge is -2.30. The van der Waals surface area contributed by atoms with Crippen LogP contribution in [0.5, 0.6) is 11.5 Å². The van der Waals surface area contributed by atoms with E-state index in [9.17, 15) is 13.2 Å². The van der Waals surface area contributed by atoms with E-state index in [0.717, 1.165) is 0 Å². The lowest BCUT2D eigenvalue weighted by molar-refractivity contribution is 0.0693. The van der Waals surface area contributed by atoms with Gasteiger partial charge in [-0.1, -0.05) is 12.1 Å². The molecular weight excluding hydrogens is 370 g/mol. The van der Waals surface area contributed by atoms with Crippen LogP contribution in [0.4, 0.5) is 10.5 Å². The van der Waals surface area contributed by atoms with E-state index in [2.05, 4.69) is 5.32 Å². The number of nitrogens with zero attached hydrogens (tertiary/aromatic N) is 1. The number of anilines is 1. The molecule has 1 aliphatic rings. The third-order valence-electron chi connectivity index (χ3n) is 4.09. The quantitative estimate of drug-likeness (QED) is 0.810. The Labute approximate surface area is 157 Å². The van der Waals surface area contributed by atoms with Crippen molar-refractivity contribution in [1.82, 2.24) is 4.90 Å². The molecule has 0 saturated carbocycles. The highest BCUT2D eigenvalue weighted by molar-refractivity contribution is 7.89. The first-order valence-electron chi connectivity index (χ1n) is 8.44. The number of fused-ring (bicyclic) bond motifs is 1. The number of sulfonamides is 1.